The van der Waals surface area contributed by atoms with E-state index in [1.165, 1.54) is 32.1 Å². The van der Waals surface area contributed by atoms with Crippen LogP contribution in [0.5, 0.6) is 0 Å². The Balaban J connectivity index is 2.00. The van der Waals surface area contributed by atoms with Crippen molar-refractivity contribution in [3.8, 4) is 0 Å². The normalized spacial score (nSPS) is 17.7. The van der Waals surface area contributed by atoms with Crippen LogP contribution in [0, 0.1) is 5.92 Å². The minimum atomic E-state index is 0.203. The molecule has 1 rings (SSSR count). The van der Waals surface area contributed by atoms with Gasteiger partial charge in [-0.15, -0.1) is 0 Å². The van der Waals surface area contributed by atoms with Gasteiger partial charge in [0.15, 0.2) is 0 Å². The molecule has 1 aliphatic carbocycles. The van der Waals surface area contributed by atoms with Crippen LogP contribution in [-0.2, 0) is 4.79 Å². The molecule has 0 spiro atoms. The van der Waals surface area contributed by atoms with Crippen molar-refractivity contribution in [2.45, 2.75) is 51.4 Å². The number of hydrogen-bond acceptors (Lipinski definition) is 2. The Bertz CT molecular complexity index is 176. The van der Waals surface area contributed by atoms with Crippen LogP contribution in [-0.4, -0.2) is 19.0 Å². The van der Waals surface area contributed by atoms with E-state index in [-0.39, 0.29) is 5.91 Å². The van der Waals surface area contributed by atoms with E-state index in [0.29, 0.717) is 13.0 Å². The lowest BCUT2D eigenvalue weighted by Crippen LogP contribution is -2.30. The lowest BCUT2D eigenvalue weighted by Gasteiger charge is -2.21. The summed E-state index contributed by atoms with van der Waals surface area (Å²) in [6, 6.07) is 0. The average molecular weight is 212 g/mol. The molecule has 0 aromatic carbocycles. The summed E-state index contributed by atoms with van der Waals surface area (Å²) < 4.78 is 0. The van der Waals surface area contributed by atoms with E-state index in [0.717, 1.165) is 25.3 Å². The molecule has 0 saturated heterocycles. The first-order chi connectivity index (χ1) is 7.33. The SMILES string of the molecule is NCCCCC(=O)NCC1CCCCC1. The molecule has 0 radical (unpaired) electrons. The molecule has 0 unspecified atom stereocenters. The van der Waals surface area contributed by atoms with E-state index < -0.39 is 0 Å². The maximum atomic E-state index is 11.4. The number of rotatable bonds is 6. The maximum absolute atomic E-state index is 11.4. The Hall–Kier alpha value is -0.570. The van der Waals surface area contributed by atoms with Gasteiger partial charge in [0.05, 0.1) is 0 Å². The average Bonchev–Trinajstić information content (AvgIpc) is 2.28. The van der Waals surface area contributed by atoms with Gasteiger partial charge in [-0.3, -0.25) is 4.79 Å². The zero-order valence-corrected chi connectivity index (χ0v) is 9.63. The van der Waals surface area contributed by atoms with Crippen molar-refractivity contribution >= 4 is 5.91 Å². The van der Waals surface area contributed by atoms with Gasteiger partial charge in [-0.05, 0) is 38.1 Å². The second-order valence-corrected chi connectivity index (χ2v) is 4.55. The summed E-state index contributed by atoms with van der Waals surface area (Å²) in [5.41, 5.74) is 5.37. The zero-order valence-electron chi connectivity index (χ0n) is 9.63. The van der Waals surface area contributed by atoms with E-state index >= 15 is 0 Å². The van der Waals surface area contributed by atoms with Crippen LogP contribution in [0.15, 0.2) is 0 Å². The largest absolute Gasteiger partial charge is 0.356 e. The van der Waals surface area contributed by atoms with E-state index in [9.17, 15) is 4.79 Å². The standard InChI is InChI=1S/C12H24N2O/c13-9-5-4-8-12(15)14-10-11-6-2-1-3-7-11/h11H,1-10,13H2,(H,14,15). The van der Waals surface area contributed by atoms with Gasteiger partial charge in [-0.1, -0.05) is 19.3 Å². The van der Waals surface area contributed by atoms with Crippen molar-refractivity contribution in [3.05, 3.63) is 0 Å². The molecule has 0 aromatic heterocycles. The lowest BCUT2D eigenvalue weighted by atomic mass is 9.89. The second-order valence-electron chi connectivity index (χ2n) is 4.55. The first kappa shape index (κ1) is 12.5. The summed E-state index contributed by atoms with van der Waals surface area (Å²) in [6.07, 6.45) is 9.17. The Morgan fingerprint density at radius 3 is 2.60 bits per heavy atom. The lowest BCUT2D eigenvalue weighted by molar-refractivity contribution is -0.121. The number of nitrogens with one attached hydrogen (secondary N) is 1. The highest BCUT2D eigenvalue weighted by molar-refractivity contribution is 5.75. The molecule has 88 valence electrons. The van der Waals surface area contributed by atoms with E-state index in [2.05, 4.69) is 5.32 Å². The van der Waals surface area contributed by atoms with Gasteiger partial charge in [-0.2, -0.15) is 0 Å². The molecule has 0 aromatic rings. The smallest absolute Gasteiger partial charge is 0.220 e. The fraction of sp³-hybridized carbons (Fsp3) is 0.917. The maximum Gasteiger partial charge on any atom is 0.220 e. The van der Waals surface area contributed by atoms with Crippen molar-refractivity contribution in [2.24, 2.45) is 11.7 Å². The number of unbranched alkanes of at least 4 members (excludes halogenated alkanes) is 1. The third-order valence-corrected chi connectivity index (χ3v) is 3.17. The monoisotopic (exact) mass is 212 g/mol. The predicted octanol–water partition coefficient (Wildman–Crippen LogP) is 1.81. The number of carbonyl (C=O) groups excluding carboxylic acids is 1. The minimum Gasteiger partial charge on any atom is -0.356 e. The summed E-state index contributed by atoms with van der Waals surface area (Å²) in [6.45, 7) is 1.58. The van der Waals surface area contributed by atoms with Crippen molar-refractivity contribution < 1.29 is 4.79 Å². The predicted molar refractivity (Wildman–Crippen MR) is 62.5 cm³/mol. The van der Waals surface area contributed by atoms with Crippen LogP contribution >= 0.6 is 0 Å². The number of amides is 1. The topological polar surface area (TPSA) is 55.1 Å². The van der Waals surface area contributed by atoms with Gasteiger partial charge in [0.2, 0.25) is 5.91 Å². The zero-order chi connectivity index (χ0) is 10.9. The molecule has 3 N–H and O–H groups in total. The minimum absolute atomic E-state index is 0.203. The molecular weight excluding hydrogens is 188 g/mol. The second kappa shape index (κ2) is 7.69. The van der Waals surface area contributed by atoms with Crippen molar-refractivity contribution in [1.82, 2.24) is 5.32 Å². The molecule has 1 amide bonds. The summed E-state index contributed by atoms with van der Waals surface area (Å²) in [5.74, 6) is 0.936. The number of nitrogens with two attached hydrogens (primary N) is 1. The number of carbonyl (C=O) groups is 1. The Labute approximate surface area is 92.8 Å². The Morgan fingerprint density at radius 1 is 1.20 bits per heavy atom. The van der Waals surface area contributed by atoms with Crippen LogP contribution in [0.2, 0.25) is 0 Å². The highest BCUT2D eigenvalue weighted by Crippen LogP contribution is 2.22. The van der Waals surface area contributed by atoms with Crippen molar-refractivity contribution in [2.75, 3.05) is 13.1 Å². The van der Waals surface area contributed by atoms with Gasteiger partial charge in [-0.25, -0.2) is 0 Å². The molecule has 1 fully saturated rings. The van der Waals surface area contributed by atoms with Crippen molar-refractivity contribution in [1.29, 1.82) is 0 Å². The third kappa shape index (κ3) is 5.78. The molecule has 0 heterocycles. The van der Waals surface area contributed by atoms with Crippen LogP contribution in [0.25, 0.3) is 0 Å². The first-order valence-corrected chi connectivity index (χ1v) is 6.29. The quantitative estimate of drug-likeness (QED) is 0.660. The van der Waals surface area contributed by atoms with Gasteiger partial charge in [0.1, 0.15) is 0 Å². The molecule has 1 aliphatic rings. The van der Waals surface area contributed by atoms with E-state index in [1.54, 1.807) is 0 Å². The fourth-order valence-corrected chi connectivity index (χ4v) is 2.17. The third-order valence-electron chi connectivity index (χ3n) is 3.17. The van der Waals surface area contributed by atoms with Crippen LogP contribution < -0.4 is 11.1 Å². The molecule has 3 heteroatoms. The van der Waals surface area contributed by atoms with Gasteiger partial charge >= 0.3 is 0 Å². The van der Waals surface area contributed by atoms with E-state index in [1.807, 2.05) is 0 Å². The highest BCUT2D eigenvalue weighted by Gasteiger charge is 2.13. The van der Waals surface area contributed by atoms with Gasteiger partial charge in [0, 0.05) is 13.0 Å². The van der Waals surface area contributed by atoms with E-state index in [4.69, 9.17) is 5.73 Å². The molecule has 3 nitrogen and oxygen atoms in total. The number of hydrogen-bond donors (Lipinski definition) is 2. The summed E-state index contributed by atoms with van der Waals surface area (Å²) in [4.78, 5) is 11.4. The van der Waals surface area contributed by atoms with Gasteiger partial charge < -0.3 is 11.1 Å². The summed E-state index contributed by atoms with van der Waals surface area (Å²) in [5, 5.41) is 3.03. The van der Waals surface area contributed by atoms with Crippen LogP contribution in [0.4, 0.5) is 0 Å². The van der Waals surface area contributed by atoms with Crippen LogP contribution in [0.3, 0.4) is 0 Å². The first-order valence-electron chi connectivity index (χ1n) is 6.29. The fourth-order valence-electron chi connectivity index (χ4n) is 2.17. The molecular formula is C12H24N2O. The molecule has 0 aliphatic heterocycles. The summed E-state index contributed by atoms with van der Waals surface area (Å²) in [7, 11) is 0. The molecule has 0 atom stereocenters. The highest BCUT2D eigenvalue weighted by atomic mass is 16.1. The summed E-state index contributed by atoms with van der Waals surface area (Å²) >= 11 is 0. The molecule has 1 saturated carbocycles. The Kier molecular flexibility index (Phi) is 6.41. The van der Waals surface area contributed by atoms with Gasteiger partial charge in [0.25, 0.3) is 0 Å². The van der Waals surface area contributed by atoms with Crippen LogP contribution in [0.1, 0.15) is 51.4 Å². The molecule has 0 bridgehead atoms. The molecule has 15 heavy (non-hydrogen) atoms. The Morgan fingerprint density at radius 2 is 1.93 bits per heavy atom. The van der Waals surface area contributed by atoms with Crippen molar-refractivity contribution in [3.63, 3.8) is 0 Å².